The minimum atomic E-state index is -0.484. The summed E-state index contributed by atoms with van der Waals surface area (Å²) in [6.45, 7) is 3.83. The molecule has 1 aromatic heterocycles. The van der Waals surface area contributed by atoms with E-state index in [0.717, 1.165) is 11.7 Å². The normalized spacial score (nSPS) is 10.7. The van der Waals surface area contributed by atoms with Gasteiger partial charge in [0, 0.05) is 22.7 Å². The number of aromatic amines is 1. The molecule has 4 aromatic carbocycles. The topological polar surface area (TPSA) is 58.9 Å². The molecule has 3 N–H and O–H groups in total. The molecule has 0 fully saturated rings. The number of carbonyl (C=O) groups excluding carboxylic acids is 1. The summed E-state index contributed by atoms with van der Waals surface area (Å²) >= 11 is 0. The van der Waals surface area contributed by atoms with Gasteiger partial charge in [-0.1, -0.05) is 110 Å². The first kappa shape index (κ1) is 22.5. The van der Waals surface area contributed by atoms with Gasteiger partial charge in [0.05, 0.1) is 5.52 Å². The molecule has 0 saturated heterocycles. The van der Waals surface area contributed by atoms with Crippen LogP contribution in [0.25, 0.3) is 27.9 Å². The quantitative estimate of drug-likeness (QED) is 0.308. The van der Waals surface area contributed by atoms with E-state index >= 15 is 0 Å². The maximum absolute atomic E-state index is 11.0. The fourth-order valence-electron chi connectivity index (χ4n) is 3.91. The predicted octanol–water partition coefficient (Wildman–Crippen LogP) is 5.96. The smallest absolute Gasteiger partial charge is 0.217 e. The van der Waals surface area contributed by atoms with Crippen LogP contribution < -0.4 is 16.3 Å². The van der Waals surface area contributed by atoms with Crippen molar-refractivity contribution in [3.05, 3.63) is 115 Å². The summed E-state index contributed by atoms with van der Waals surface area (Å²) in [5, 5.41) is 5.12. The van der Waals surface area contributed by atoms with E-state index in [0.29, 0.717) is 6.42 Å². The van der Waals surface area contributed by atoms with E-state index in [-0.39, 0.29) is 5.91 Å². The Hall–Kier alpha value is -3.68. The summed E-state index contributed by atoms with van der Waals surface area (Å²) in [7, 11) is -0.484. The minimum Gasteiger partial charge on any atom is -0.370 e. The van der Waals surface area contributed by atoms with Gasteiger partial charge in [-0.2, -0.15) is 0 Å². The second-order valence-electron chi connectivity index (χ2n) is 7.68. The van der Waals surface area contributed by atoms with Crippen LogP contribution in [0.5, 0.6) is 0 Å². The van der Waals surface area contributed by atoms with E-state index < -0.39 is 7.92 Å². The number of nitrogens with two attached hydrogens (primary N) is 1. The molecule has 1 amide bonds. The number of nitrogens with one attached hydrogen (secondary N) is 1. The Bertz CT molecular complexity index is 1320. The van der Waals surface area contributed by atoms with Crippen molar-refractivity contribution in [3.8, 4) is 0 Å². The monoisotopic (exact) mass is 450 g/mol. The highest BCUT2D eigenvalue weighted by Gasteiger charge is 2.13. The maximum Gasteiger partial charge on any atom is 0.217 e. The third-order valence-corrected chi connectivity index (χ3v) is 8.02. The van der Waals surface area contributed by atoms with Crippen LogP contribution in [0.4, 0.5) is 0 Å². The van der Waals surface area contributed by atoms with Gasteiger partial charge in [-0.15, -0.1) is 0 Å². The Morgan fingerprint density at radius 2 is 1.36 bits per heavy atom. The lowest BCUT2D eigenvalue weighted by Gasteiger charge is -2.17. The van der Waals surface area contributed by atoms with Gasteiger partial charge >= 0.3 is 0 Å². The van der Waals surface area contributed by atoms with Gasteiger partial charge in [0.2, 0.25) is 5.91 Å². The van der Waals surface area contributed by atoms with Crippen molar-refractivity contribution < 1.29 is 4.79 Å². The highest BCUT2D eigenvalue weighted by Crippen LogP contribution is 2.33. The van der Waals surface area contributed by atoms with E-state index in [4.69, 9.17) is 5.73 Å². The van der Waals surface area contributed by atoms with Crippen molar-refractivity contribution in [3.63, 3.8) is 0 Å². The van der Waals surface area contributed by atoms with E-state index in [9.17, 15) is 4.79 Å². The van der Waals surface area contributed by atoms with Crippen LogP contribution in [0.3, 0.4) is 0 Å². The second-order valence-corrected chi connectivity index (χ2v) is 10.0. The first-order valence-electron chi connectivity index (χ1n) is 10.9. The molecule has 1 heterocycles. The number of rotatable bonds is 6. The zero-order valence-corrected chi connectivity index (χ0v) is 19.3. The average Bonchev–Trinajstić information content (AvgIpc) is 3.25. The number of amides is 1. The van der Waals surface area contributed by atoms with Crippen LogP contribution in [-0.4, -0.2) is 17.1 Å². The maximum atomic E-state index is 11.0. The molecular weight excluding hydrogens is 423 g/mol. The fourth-order valence-corrected chi connectivity index (χ4v) is 6.23. The Morgan fingerprint density at radius 3 is 1.97 bits per heavy atom. The molecule has 164 valence electrons. The molecule has 0 spiro atoms. The van der Waals surface area contributed by atoms with Crippen molar-refractivity contribution in [2.24, 2.45) is 5.73 Å². The van der Waals surface area contributed by atoms with Gasteiger partial charge in [0.25, 0.3) is 0 Å². The molecule has 4 heteroatoms. The SMILES string of the molecule is C=Cc1cccc2c1[nH]c1ccccc12.NC(=O)CCP(c1ccccc1)c1ccccc1. The standard InChI is InChI=1S/C15H16NOP.C14H11N/c16-15(17)11-12-18(13-7-3-1-4-8-13)14-9-5-2-6-10-14;1-2-10-6-5-8-12-11-7-3-4-9-13(11)15-14(10)12/h1-10H,11-12H2,(H2,16,17);2-9,15H,1H2. The number of benzene rings is 4. The molecule has 33 heavy (non-hydrogen) atoms. The van der Waals surface area contributed by atoms with Gasteiger partial charge < -0.3 is 10.7 Å². The lowest BCUT2D eigenvalue weighted by atomic mass is 10.1. The molecule has 0 aliphatic heterocycles. The largest absolute Gasteiger partial charge is 0.370 e. The van der Waals surface area contributed by atoms with Crippen LogP contribution in [0.1, 0.15) is 12.0 Å². The van der Waals surface area contributed by atoms with Crippen molar-refractivity contribution >= 4 is 52.3 Å². The van der Waals surface area contributed by atoms with Gasteiger partial charge in [-0.05, 0) is 36.3 Å². The lowest BCUT2D eigenvalue weighted by Crippen LogP contribution is -2.18. The minimum absolute atomic E-state index is 0.227. The number of carbonyl (C=O) groups is 1. The number of hydrogen-bond donors (Lipinski definition) is 2. The summed E-state index contributed by atoms with van der Waals surface area (Å²) < 4.78 is 0. The van der Waals surface area contributed by atoms with Crippen molar-refractivity contribution in [2.75, 3.05) is 6.16 Å². The van der Waals surface area contributed by atoms with E-state index in [2.05, 4.69) is 72.2 Å². The Balaban J connectivity index is 0.000000159. The molecule has 0 aliphatic rings. The summed E-state index contributed by atoms with van der Waals surface area (Å²) in [6.07, 6.45) is 3.14. The number of fused-ring (bicyclic) bond motifs is 3. The average molecular weight is 451 g/mol. The van der Waals surface area contributed by atoms with Crippen LogP contribution in [-0.2, 0) is 4.79 Å². The van der Waals surface area contributed by atoms with Crippen molar-refractivity contribution in [2.45, 2.75) is 6.42 Å². The highest BCUT2D eigenvalue weighted by atomic mass is 31.1. The van der Waals surface area contributed by atoms with E-state index in [1.165, 1.54) is 32.4 Å². The fraction of sp³-hybridized carbons (Fsp3) is 0.0690. The molecule has 0 atom stereocenters. The molecule has 0 radical (unpaired) electrons. The van der Waals surface area contributed by atoms with Gasteiger partial charge in [0.1, 0.15) is 0 Å². The summed E-state index contributed by atoms with van der Waals surface area (Å²) in [6, 6.07) is 35.3. The zero-order chi connectivity index (χ0) is 23.0. The molecule has 0 saturated carbocycles. The first-order valence-corrected chi connectivity index (χ1v) is 12.5. The van der Waals surface area contributed by atoms with Gasteiger partial charge in [-0.3, -0.25) is 4.79 Å². The summed E-state index contributed by atoms with van der Waals surface area (Å²) in [4.78, 5) is 14.4. The van der Waals surface area contributed by atoms with Gasteiger partial charge in [-0.25, -0.2) is 0 Å². The first-order chi connectivity index (χ1) is 16.2. The second kappa shape index (κ2) is 10.8. The number of primary amides is 1. The van der Waals surface area contributed by atoms with E-state index in [1.807, 2.05) is 48.5 Å². The van der Waals surface area contributed by atoms with Crippen LogP contribution >= 0.6 is 7.92 Å². The molecule has 5 rings (SSSR count). The van der Waals surface area contributed by atoms with E-state index in [1.54, 1.807) is 0 Å². The van der Waals surface area contributed by atoms with Gasteiger partial charge in [0.15, 0.2) is 0 Å². The van der Waals surface area contributed by atoms with Crippen LogP contribution in [0.15, 0.2) is 110 Å². The highest BCUT2D eigenvalue weighted by molar-refractivity contribution is 7.73. The Kier molecular flexibility index (Phi) is 7.34. The summed E-state index contributed by atoms with van der Waals surface area (Å²) in [5.74, 6) is -0.227. The Morgan fingerprint density at radius 1 is 0.788 bits per heavy atom. The molecule has 0 bridgehead atoms. The third-order valence-electron chi connectivity index (χ3n) is 5.51. The molecular formula is C29H27N2OP. The molecule has 5 aromatic rings. The zero-order valence-electron chi connectivity index (χ0n) is 18.4. The van der Waals surface area contributed by atoms with Crippen LogP contribution in [0.2, 0.25) is 0 Å². The summed E-state index contributed by atoms with van der Waals surface area (Å²) in [5.41, 5.74) is 8.78. The lowest BCUT2D eigenvalue weighted by molar-refractivity contribution is -0.117. The number of aromatic nitrogens is 1. The molecule has 0 unspecified atom stereocenters. The predicted molar refractivity (Wildman–Crippen MR) is 144 cm³/mol. The third kappa shape index (κ3) is 5.39. The molecule has 3 nitrogen and oxygen atoms in total. The Labute approximate surface area is 195 Å². The number of H-pyrrole nitrogens is 1. The van der Waals surface area contributed by atoms with Crippen LogP contribution in [0, 0.1) is 0 Å². The number of hydrogen-bond acceptors (Lipinski definition) is 1. The van der Waals surface area contributed by atoms with Crippen molar-refractivity contribution in [1.82, 2.24) is 4.98 Å². The molecule has 0 aliphatic carbocycles. The van der Waals surface area contributed by atoms with Crippen molar-refractivity contribution in [1.29, 1.82) is 0 Å². The number of para-hydroxylation sites is 2.